The van der Waals surface area contributed by atoms with Gasteiger partial charge in [0.1, 0.15) is 5.52 Å². The van der Waals surface area contributed by atoms with Crippen molar-refractivity contribution in [2.45, 2.75) is 25.8 Å². The van der Waals surface area contributed by atoms with Crippen molar-refractivity contribution in [1.29, 1.82) is 0 Å². The number of fused-ring (bicyclic) bond motifs is 1. The van der Waals surface area contributed by atoms with Crippen molar-refractivity contribution in [3.63, 3.8) is 0 Å². The van der Waals surface area contributed by atoms with Crippen LogP contribution in [0.4, 0.5) is 6.01 Å². The number of anilines is 1. The third kappa shape index (κ3) is 2.08. The summed E-state index contributed by atoms with van der Waals surface area (Å²) in [5.74, 6) is 0.536. The zero-order chi connectivity index (χ0) is 12.5. The highest BCUT2D eigenvalue weighted by molar-refractivity contribution is 5.74. The Bertz CT molecular complexity index is 502. The van der Waals surface area contributed by atoms with E-state index in [0.29, 0.717) is 5.92 Å². The van der Waals surface area contributed by atoms with E-state index in [2.05, 4.69) is 16.8 Å². The quantitative estimate of drug-likeness (QED) is 0.882. The van der Waals surface area contributed by atoms with Crippen LogP contribution >= 0.6 is 0 Å². The van der Waals surface area contributed by atoms with Crippen LogP contribution in [0.5, 0.6) is 0 Å². The summed E-state index contributed by atoms with van der Waals surface area (Å²) in [4.78, 5) is 6.77. The van der Waals surface area contributed by atoms with Gasteiger partial charge in [-0.1, -0.05) is 12.1 Å². The minimum atomic E-state index is 0.233. The minimum absolute atomic E-state index is 0.233. The minimum Gasteiger partial charge on any atom is -0.423 e. The van der Waals surface area contributed by atoms with E-state index in [4.69, 9.17) is 10.2 Å². The van der Waals surface area contributed by atoms with Crippen molar-refractivity contribution in [2.75, 3.05) is 18.0 Å². The van der Waals surface area contributed by atoms with Crippen LogP contribution in [0.25, 0.3) is 11.1 Å². The van der Waals surface area contributed by atoms with E-state index in [1.165, 1.54) is 6.42 Å². The molecule has 2 atom stereocenters. The van der Waals surface area contributed by atoms with Gasteiger partial charge in [-0.25, -0.2) is 0 Å². The number of hydrogen-bond donors (Lipinski definition) is 1. The summed E-state index contributed by atoms with van der Waals surface area (Å²) in [5, 5.41) is 0. The molecule has 0 spiro atoms. The Morgan fingerprint density at radius 2 is 2.28 bits per heavy atom. The van der Waals surface area contributed by atoms with Gasteiger partial charge in [0, 0.05) is 19.1 Å². The van der Waals surface area contributed by atoms with Crippen LogP contribution in [-0.4, -0.2) is 24.1 Å². The molecule has 1 saturated heterocycles. The Morgan fingerprint density at radius 1 is 1.44 bits per heavy atom. The van der Waals surface area contributed by atoms with Crippen LogP contribution in [0.1, 0.15) is 19.8 Å². The molecule has 1 fully saturated rings. The number of oxazole rings is 1. The molecular formula is C14H19N3O. The first-order valence-corrected chi connectivity index (χ1v) is 6.60. The lowest BCUT2D eigenvalue weighted by atomic mass is 9.92. The maximum atomic E-state index is 6.00. The Labute approximate surface area is 107 Å². The summed E-state index contributed by atoms with van der Waals surface area (Å²) in [5.41, 5.74) is 7.79. The summed E-state index contributed by atoms with van der Waals surface area (Å²) in [6.45, 7) is 4.04. The van der Waals surface area contributed by atoms with Gasteiger partial charge in [-0.2, -0.15) is 4.98 Å². The number of aromatic nitrogens is 1. The van der Waals surface area contributed by atoms with Gasteiger partial charge in [0.25, 0.3) is 6.01 Å². The molecule has 0 bridgehead atoms. The molecule has 1 aromatic heterocycles. The number of hydrogen-bond acceptors (Lipinski definition) is 4. The lowest BCUT2D eigenvalue weighted by Crippen LogP contribution is -2.42. The third-order valence-corrected chi connectivity index (χ3v) is 3.75. The summed E-state index contributed by atoms with van der Waals surface area (Å²) < 4.78 is 5.81. The Morgan fingerprint density at radius 3 is 3.06 bits per heavy atom. The van der Waals surface area contributed by atoms with E-state index in [1.54, 1.807) is 0 Å². The second kappa shape index (κ2) is 4.61. The number of nitrogens with zero attached hydrogens (tertiary/aromatic N) is 2. The average molecular weight is 245 g/mol. The second-order valence-corrected chi connectivity index (χ2v) is 5.17. The predicted octanol–water partition coefficient (Wildman–Crippen LogP) is 2.39. The molecule has 4 nitrogen and oxygen atoms in total. The normalized spacial score (nSPS) is 22.3. The fraction of sp³-hybridized carbons (Fsp3) is 0.500. The zero-order valence-electron chi connectivity index (χ0n) is 10.7. The third-order valence-electron chi connectivity index (χ3n) is 3.75. The van der Waals surface area contributed by atoms with Gasteiger partial charge < -0.3 is 15.1 Å². The van der Waals surface area contributed by atoms with Crippen molar-refractivity contribution in [3.8, 4) is 0 Å². The van der Waals surface area contributed by atoms with Crippen LogP contribution in [0, 0.1) is 5.92 Å². The van der Waals surface area contributed by atoms with E-state index in [-0.39, 0.29) is 6.04 Å². The van der Waals surface area contributed by atoms with Crippen molar-refractivity contribution in [3.05, 3.63) is 24.3 Å². The fourth-order valence-electron chi connectivity index (χ4n) is 2.61. The van der Waals surface area contributed by atoms with Gasteiger partial charge in [0.05, 0.1) is 0 Å². The molecule has 0 saturated carbocycles. The van der Waals surface area contributed by atoms with E-state index in [1.807, 2.05) is 24.3 Å². The zero-order valence-corrected chi connectivity index (χ0v) is 10.7. The van der Waals surface area contributed by atoms with E-state index in [9.17, 15) is 0 Å². The molecule has 1 aliphatic heterocycles. The summed E-state index contributed by atoms with van der Waals surface area (Å²) in [7, 11) is 0. The standard InChI is InChI=1S/C14H19N3O/c1-10(15)11-5-4-8-17(9-11)14-16-12-6-2-3-7-13(12)18-14/h2-3,6-7,10-11H,4-5,8-9,15H2,1H3. The number of nitrogens with two attached hydrogens (primary N) is 1. The van der Waals surface area contributed by atoms with Gasteiger partial charge in [-0.05, 0) is 37.8 Å². The largest absolute Gasteiger partial charge is 0.423 e. The van der Waals surface area contributed by atoms with Crippen molar-refractivity contribution < 1.29 is 4.42 Å². The monoisotopic (exact) mass is 245 g/mol. The topological polar surface area (TPSA) is 55.3 Å². The van der Waals surface area contributed by atoms with Gasteiger partial charge in [-0.15, -0.1) is 0 Å². The van der Waals surface area contributed by atoms with Gasteiger partial charge in [0.2, 0.25) is 0 Å². The van der Waals surface area contributed by atoms with Gasteiger partial charge >= 0.3 is 0 Å². The molecule has 18 heavy (non-hydrogen) atoms. The molecule has 1 aromatic carbocycles. The highest BCUT2D eigenvalue weighted by atomic mass is 16.4. The first-order valence-electron chi connectivity index (χ1n) is 6.60. The molecule has 2 N–H and O–H groups in total. The van der Waals surface area contributed by atoms with Gasteiger partial charge in [0.15, 0.2) is 5.58 Å². The number of rotatable bonds is 2. The van der Waals surface area contributed by atoms with E-state index >= 15 is 0 Å². The predicted molar refractivity (Wildman–Crippen MR) is 72.6 cm³/mol. The Balaban J connectivity index is 1.85. The fourth-order valence-corrected chi connectivity index (χ4v) is 2.61. The molecule has 0 amide bonds. The summed E-state index contributed by atoms with van der Waals surface area (Å²) in [6, 6.07) is 8.86. The van der Waals surface area contributed by atoms with Crippen LogP contribution in [0.2, 0.25) is 0 Å². The maximum absolute atomic E-state index is 6.00. The molecule has 2 unspecified atom stereocenters. The highest BCUT2D eigenvalue weighted by Crippen LogP contribution is 2.26. The summed E-state index contributed by atoms with van der Waals surface area (Å²) >= 11 is 0. The molecule has 3 rings (SSSR count). The van der Waals surface area contributed by atoms with Crippen molar-refractivity contribution in [2.24, 2.45) is 11.7 Å². The smallest absolute Gasteiger partial charge is 0.298 e. The first-order chi connectivity index (χ1) is 8.74. The molecule has 4 heteroatoms. The number of benzene rings is 1. The Kier molecular flexibility index (Phi) is 2.96. The van der Waals surface area contributed by atoms with Gasteiger partial charge in [-0.3, -0.25) is 0 Å². The number of piperidine rings is 1. The lowest BCUT2D eigenvalue weighted by molar-refractivity contribution is 0.352. The molecule has 0 radical (unpaired) electrons. The van der Waals surface area contributed by atoms with Crippen molar-refractivity contribution in [1.82, 2.24) is 4.98 Å². The van der Waals surface area contributed by atoms with Crippen LogP contribution in [0.15, 0.2) is 28.7 Å². The lowest BCUT2D eigenvalue weighted by Gasteiger charge is -2.33. The van der Waals surface area contributed by atoms with E-state index in [0.717, 1.165) is 36.6 Å². The second-order valence-electron chi connectivity index (χ2n) is 5.17. The molecule has 1 aliphatic rings. The molecule has 2 heterocycles. The maximum Gasteiger partial charge on any atom is 0.298 e. The number of para-hydroxylation sites is 2. The Hall–Kier alpha value is -1.55. The van der Waals surface area contributed by atoms with Crippen molar-refractivity contribution >= 4 is 17.1 Å². The first kappa shape index (κ1) is 11.5. The van der Waals surface area contributed by atoms with E-state index < -0.39 is 0 Å². The average Bonchev–Trinajstić information content (AvgIpc) is 2.82. The van der Waals surface area contributed by atoms with Crippen LogP contribution in [0.3, 0.4) is 0 Å². The molecule has 0 aliphatic carbocycles. The van der Waals surface area contributed by atoms with Crippen LogP contribution in [-0.2, 0) is 0 Å². The molecular weight excluding hydrogens is 226 g/mol. The SMILES string of the molecule is CC(N)C1CCCN(c2nc3ccccc3o2)C1. The van der Waals surface area contributed by atoms with Crippen LogP contribution < -0.4 is 10.6 Å². The summed E-state index contributed by atoms with van der Waals surface area (Å²) in [6.07, 6.45) is 2.36. The highest BCUT2D eigenvalue weighted by Gasteiger charge is 2.25. The molecule has 96 valence electrons. The molecule has 2 aromatic rings.